The van der Waals surface area contributed by atoms with Crippen molar-refractivity contribution in [2.75, 3.05) is 18.7 Å². The Kier molecular flexibility index (Phi) is 4.64. The van der Waals surface area contributed by atoms with Crippen molar-refractivity contribution in [2.45, 2.75) is 36.6 Å². The van der Waals surface area contributed by atoms with Crippen LogP contribution >= 0.6 is 11.6 Å². The molecule has 1 aromatic carbocycles. The number of nitrogens with one attached hydrogen (secondary N) is 1. The molecular formula is C20H21ClN2O3S. The minimum Gasteiger partial charge on any atom is -0.496 e. The molecule has 1 fully saturated rings. The molecule has 1 heterocycles. The van der Waals surface area contributed by atoms with Crippen LogP contribution in [0.2, 0.25) is 0 Å². The van der Waals surface area contributed by atoms with E-state index in [2.05, 4.69) is 5.32 Å². The van der Waals surface area contributed by atoms with Crippen molar-refractivity contribution in [2.24, 2.45) is 0 Å². The second-order valence-corrected chi connectivity index (χ2v) is 9.50. The van der Waals surface area contributed by atoms with E-state index in [1.54, 1.807) is 25.3 Å². The summed E-state index contributed by atoms with van der Waals surface area (Å²) in [7, 11) is -1.73. The number of fused-ring (bicyclic) bond motifs is 1. The Balaban J connectivity index is 1.69. The molecule has 0 spiro atoms. The normalized spacial score (nSPS) is 16.0. The molecule has 27 heavy (non-hydrogen) atoms. The van der Waals surface area contributed by atoms with Crippen LogP contribution < -0.4 is 10.1 Å². The summed E-state index contributed by atoms with van der Waals surface area (Å²) in [5.41, 5.74) is 4.82. The van der Waals surface area contributed by atoms with E-state index in [4.69, 9.17) is 21.3 Å². The number of methoxy groups -OCH3 is 1. The highest BCUT2D eigenvalue weighted by Gasteiger charge is 2.26. The fourth-order valence-electron chi connectivity index (χ4n) is 3.31. The summed E-state index contributed by atoms with van der Waals surface area (Å²) in [6.45, 7) is 0. The Hall–Kier alpha value is -2.05. The Bertz CT molecular complexity index is 1040. The van der Waals surface area contributed by atoms with Crippen LogP contribution in [0.3, 0.4) is 0 Å². The fraction of sp³-hybridized carbons (Fsp3) is 0.350. The van der Waals surface area contributed by atoms with Gasteiger partial charge in [-0.3, -0.25) is 4.98 Å². The van der Waals surface area contributed by atoms with Gasteiger partial charge >= 0.3 is 0 Å². The first-order valence-corrected chi connectivity index (χ1v) is 11.1. The predicted molar refractivity (Wildman–Crippen MR) is 107 cm³/mol. The van der Waals surface area contributed by atoms with Gasteiger partial charge in [0.25, 0.3) is 0 Å². The number of allylic oxidation sites excluding steroid dienone is 1. The number of hydrogen-bond acceptors (Lipinski definition) is 5. The zero-order chi connectivity index (χ0) is 19.2. The lowest BCUT2D eigenvalue weighted by Gasteiger charge is -2.15. The van der Waals surface area contributed by atoms with Crippen LogP contribution in [-0.2, 0) is 22.7 Å². The van der Waals surface area contributed by atoms with Gasteiger partial charge in [-0.15, -0.1) is 0 Å². The van der Waals surface area contributed by atoms with Crippen molar-refractivity contribution in [3.8, 4) is 5.75 Å². The first-order chi connectivity index (χ1) is 12.8. The van der Waals surface area contributed by atoms with Crippen molar-refractivity contribution in [1.82, 2.24) is 4.98 Å². The Morgan fingerprint density at radius 2 is 2.07 bits per heavy atom. The average Bonchev–Trinajstić information content (AvgIpc) is 3.35. The van der Waals surface area contributed by atoms with E-state index >= 15 is 0 Å². The first kappa shape index (κ1) is 18.3. The maximum absolute atomic E-state index is 11.8. The Morgan fingerprint density at radius 1 is 1.30 bits per heavy atom. The maximum atomic E-state index is 11.8. The number of halogens is 1. The van der Waals surface area contributed by atoms with Crippen LogP contribution in [0.25, 0.3) is 5.03 Å². The number of benzene rings is 1. The van der Waals surface area contributed by atoms with Crippen LogP contribution in [0.5, 0.6) is 5.75 Å². The zero-order valence-electron chi connectivity index (χ0n) is 15.3. The van der Waals surface area contributed by atoms with Crippen LogP contribution in [0.4, 0.5) is 5.69 Å². The number of ether oxygens (including phenoxy) is 1. The van der Waals surface area contributed by atoms with Crippen molar-refractivity contribution in [3.05, 3.63) is 52.9 Å². The molecule has 7 heteroatoms. The molecule has 4 rings (SSSR count). The number of hydrogen-bond donors (Lipinski definition) is 1. The number of pyridine rings is 1. The van der Waals surface area contributed by atoms with E-state index in [0.717, 1.165) is 39.7 Å². The highest BCUT2D eigenvalue weighted by molar-refractivity contribution is 7.90. The van der Waals surface area contributed by atoms with Crippen molar-refractivity contribution in [3.63, 3.8) is 0 Å². The van der Waals surface area contributed by atoms with Gasteiger partial charge in [0, 0.05) is 52.7 Å². The second kappa shape index (κ2) is 6.84. The molecule has 5 nitrogen and oxygen atoms in total. The third-order valence-corrected chi connectivity index (χ3v) is 6.31. The molecule has 1 N–H and O–H groups in total. The maximum Gasteiger partial charge on any atom is 0.175 e. The lowest BCUT2D eigenvalue weighted by molar-refractivity contribution is 0.409. The number of rotatable bonds is 6. The molecule has 0 bridgehead atoms. The molecule has 1 aromatic heterocycles. The molecule has 0 unspecified atom stereocenters. The summed E-state index contributed by atoms with van der Waals surface area (Å²) < 4.78 is 29.0. The largest absolute Gasteiger partial charge is 0.496 e. The third kappa shape index (κ3) is 3.82. The number of nitrogens with zero attached hydrogens (tertiary/aromatic N) is 1. The lowest BCUT2D eigenvalue weighted by Crippen LogP contribution is -2.08. The van der Waals surface area contributed by atoms with Gasteiger partial charge < -0.3 is 10.1 Å². The fourth-order valence-corrected chi connectivity index (χ4v) is 4.23. The molecule has 0 radical (unpaired) electrons. The van der Waals surface area contributed by atoms with Gasteiger partial charge in [0.15, 0.2) is 9.84 Å². The van der Waals surface area contributed by atoms with E-state index in [1.165, 1.54) is 19.1 Å². The molecule has 142 valence electrons. The van der Waals surface area contributed by atoms with Crippen LogP contribution in [0.1, 0.15) is 35.4 Å². The van der Waals surface area contributed by atoms with Gasteiger partial charge in [-0.2, -0.15) is 0 Å². The highest BCUT2D eigenvalue weighted by Crippen LogP contribution is 2.38. The summed E-state index contributed by atoms with van der Waals surface area (Å²) in [5, 5.41) is 4.31. The topological polar surface area (TPSA) is 68.3 Å². The average molecular weight is 405 g/mol. The number of sulfone groups is 1. The molecule has 2 aliphatic rings. The molecular weight excluding hydrogens is 384 g/mol. The van der Waals surface area contributed by atoms with Crippen molar-refractivity contribution >= 4 is 32.2 Å². The molecule has 0 amide bonds. The summed E-state index contributed by atoms with van der Waals surface area (Å²) in [5.74, 6) is 0.549. The minimum atomic E-state index is -3.28. The quantitative estimate of drug-likeness (QED) is 0.793. The van der Waals surface area contributed by atoms with Gasteiger partial charge in [-0.25, -0.2) is 8.42 Å². The molecule has 1 saturated carbocycles. The van der Waals surface area contributed by atoms with E-state index in [9.17, 15) is 8.42 Å². The summed E-state index contributed by atoms with van der Waals surface area (Å²) in [6, 6.07) is 7.53. The van der Waals surface area contributed by atoms with Gasteiger partial charge in [-0.05, 0) is 31.0 Å². The van der Waals surface area contributed by atoms with E-state index < -0.39 is 9.84 Å². The zero-order valence-corrected chi connectivity index (χ0v) is 16.8. The van der Waals surface area contributed by atoms with Gasteiger partial charge in [0.1, 0.15) is 5.75 Å². The summed E-state index contributed by atoms with van der Waals surface area (Å²) in [6.07, 6.45) is 6.81. The molecule has 2 aromatic rings. The van der Waals surface area contributed by atoms with Crippen molar-refractivity contribution in [1.29, 1.82) is 0 Å². The highest BCUT2D eigenvalue weighted by atomic mass is 35.5. The monoisotopic (exact) mass is 404 g/mol. The van der Waals surface area contributed by atoms with Crippen LogP contribution in [0.15, 0.2) is 35.2 Å². The van der Waals surface area contributed by atoms with E-state index in [-0.39, 0.29) is 4.90 Å². The number of anilines is 1. The smallest absolute Gasteiger partial charge is 0.175 e. The number of aromatic nitrogens is 1. The SMILES string of the molecule is COc1cc(S(C)(=O)=O)ccc1Cc1cc(NC2CC2)c2c(n1)CC=C2Cl. The molecule has 0 aliphatic heterocycles. The third-order valence-electron chi connectivity index (χ3n) is 4.86. The van der Waals surface area contributed by atoms with E-state index in [0.29, 0.717) is 18.2 Å². The van der Waals surface area contributed by atoms with Gasteiger partial charge in [0.2, 0.25) is 0 Å². The molecule has 0 atom stereocenters. The first-order valence-electron chi connectivity index (χ1n) is 8.87. The predicted octanol–water partition coefficient (Wildman–Crippen LogP) is 3.79. The van der Waals surface area contributed by atoms with Crippen LogP contribution in [0, 0.1) is 0 Å². The van der Waals surface area contributed by atoms with Gasteiger partial charge in [-0.1, -0.05) is 23.7 Å². The van der Waals surface area contributed by atoms with Crippen LogP contribution in [-0.4, -0.2) is 32.8 Å². The van der Waals surface area contributed by atoms with E-state index in [1.807, 2.05) is 12.1 Å². The van der Waals surface area contributed by atoms with Gasteiger partial charge in [0.05, 0.1) is 17.7 Å². The lowest BCUT2D eigenvalue weighted by atomic mass is 10.1. The minimum absolute atomic E-state index is 0.247. The molecule has 0 saturated heterocycles. The summed E-state index contributed by atoms with van der Waals surface area (Å²) >= 11 is 6.38. The Morgan fingerprint density at radius 3 is 2.74 bits per heavy atom. The Labute approximate surface area is 164 Å². The van der Waals surface area contributed by atoms with Crippen molar-refractivity contribution < 1.29 is 13.2 Å². The second-order valence-electron chi connectivity index (χ2n) is 7.08. The molecule has 2 aliphatic carbocycles. The summed E-state index contributed by atoms with van der Waals surface area (Å²) in [4.78, 5) is 5.03. The standard InChI is InChI=1S/C20H21ClN2O3S/c1-26-19-11-15(27(2,24)25)6-3-12(19)9-14-10-18(22-13-4-5-13)20-16(21)7-8-17(20)23-14/h3,6-7,10-11,13H,4-5,8-9H2,1-2H3,(H,22,23).